The van der Waals surface area contributed by atoms with Gasteiger partial charge in [0.15, 0.2) is 0 Å². The fourth-order valence-corrected chi connectivity index (χ4v) is 1.80. The number of carbonyl (C=O) groups is 1. The Morgan fingerprint density at radius 3 is 2.76 bits per heavy atom. The first-order valence-electron chi connectivity index (χ1n) is 5.82. The highest BCUT2D eigenvalue weighted by Gasteiger charge is 2.04. The van der Waals surface area contributed by atoms with Gasteiger partial charge in [0, 0.05) is 30.0 Å². The second-order valence-electron chi connectivity index (χ2n) is 4.25. The van der Waals surface area contributed by atoms with Crippen molar-refractivity contribution in [1.82, 2.24) is 10.6 Å². The summed E-state index contributed by atoms with van der Waals surface area (Å²) >= 11 is 3.43. The van der Waals surface area contributed by atoms with Gasteiger partial charge in [0.1, 0.15) is 0 Å². The van der Waals surface area contributed by atoms with Crippen molar-refractivity contribution in [3.63, 3.8) is 0 Å². The quantitative estimate of drug-likeness (QED) is 0.792. The second-order valence-corrected chi connectivity index (χ2v) is 5.17. The van der Waals surface area contributed by atoms with Crippen molar-refractivity contribution in [3.8, 4) is 0 Å². The van der Waals surface area contributed by atoms with Gasteiger partial charge in [-0.15, -0.1) is 0 Å². The smallest absolute Gasteiger partial charge is 0.222 e. The molecule has 0 unspecified atom stereocenters. The predicted octanol–water partition coefficient (Wildman–Crippen LogP) is 2.31. The van der Waals surface area contributed by atoms with Crippen LogP contribution in [0.25, 0.3) is 0 Å². The average molecular weight is 299 g/mol. The largest absolute Gasteiger partial charge is 0.355 e. The fourth-order valence-electron chi connectivity index (χ4n) is 1.36. The third-order valence-electron chi connectivity index (χ3n) is 2.34. The van der Waals surface area contributed by atoms with Gasteiger partial charge in [-0.2, -0.15) is 0 Å². The molecule has 0 bridgehead atoms. The van der Waals surface area contributed by atoms with Gasteiger partial charge >= 0.3 is 0 Å². The zero-order valence-electron chi connectivity index (χ0n) is 10.3. The first kappa shape index (κ1) is 14.2. The molecule has 1 aromatic rings. The van der Waals surface area contributed by atoms with Gasteiger partial charge in [0.05, 0.1) is 0 Å². The summed E-state index contributed by atoms with van der Waals surface area (Å²) in [5.41, 5.74) is 1.23. The number of nitrogens with one attached hydrogen (secondary N) is 2. The van der Waals surface area contributed by atoms with Gasteiger partial charge < -0.3 is 10.6 Å². The molecule has 0 aliphatic carbocycles. The van der Waals surface area contributed by atoms with E-state index in [4.69, 9.17) is 0 Å². The Bertz CT molecular complexity index is 366. The van der Waals surface area contributed by atoms with Crippen LogP contribution in [0.2, 0.25) is 0 Å². The molecule has 0 fully saturated rings. The van der Waals surface area contributed by atoms with Crippen LogP contribution in [0.3, 0.4) is 0 Å². The Hall–Kier alpha value is -0.870. The van der Waals surface area contributed by atoms with Crippen LogP contribution in [-0.4, -0.2) is 19.0 Å². The Morgan fingerprint density at radius 1 is 1.35 bits per heavy atom. The number of rotatable bonds is 6. The Balaban J connectivity index is 2.14. The third kappa shape index (κ3) is 5.84. The molecule has 1 amide bonds. The molecule has 94 valence electrons. The number of amides is 1. The molecule has 0 aromatic heterocycles. The van der Waals surface area contributed by atoms with Crippen molar-refractivity contribution in [3.05, 3.63) is 34.3 Å². The molecule has 0 spiro atoms. The highest BCUT2D eigenvalue weighted by Crippen LogP contribution is 2.10. The normalized spacial score (nSPS) is 10.6. The molecule has 1 aromatic carbocycles. The van der Waals surface area contributed by atoms with Gasteiger partial charge in [-0.25, -0.2) is 0 Å². The van der Waals surface area contributed by atoms with E-state index >= 15 is 0 Å². The second kappa shape index (κ2) is 7.45. The molecule has 1 rings (SSSR count). The topological polar surface area (TPSA) is 41.1 Å². The van der Waals surface area contributed by atoms with Crippen LogP contribution in [-0.2, 0) is 11.3 Å². The number of carbonyl (C=O) groups excluding carboxylic acids is 1. The molecule has 0 heterocycles. The molecular formula is C13H19BrN2O. The van der Waals surface area contributed by atoms with Crippen molar-refractivity contribution < 1.29 is 4.79 Å². The molecule has 0 saturated carbocycles. The zero-order chi connectivity index (χ0) is 12.7. The van der Waals surface area contributed by atoms with Crippen LogP contribution in [0.15, 0.2) is 28.7 Å². The minimum Gasteiger partial charge on any atom is -0.355 e. The highest BCUT2D eigenvalue weighted by atomic mass is 79.9. The Labute approximate surface area is 111 Å². The summed E-state index contributed by atoms with van der Waals surface area (Å²) in [6.07, 6.45) is 0. The number of halogens is 1. The van der Waals surface area contributed by atoms with Crippen LogP contribution in [0, 0.1) is 5.92 Å². The first-order valence-corrected chi connectivity index (χ1v) is 6.62. The summed E-state index contributed by atoms with van der Waals surface area (Å²) in [6, 6.07) is 8.18. The van der Waals surface area contributed by atoms with E-state index in [1.54, 1.807) is 0 Å². The van der Waals surface area contributed by atoms with E-state index in [-0.39, 0.29) is 11.8 Å². The summed E-state index contributed by atoms with van der Waals surface area (Å²) < 4.78 is 1.09. The molecule has 0 aliphatic rings. The first-order chi connectivity index (χ1) is 8.09. The highest BCUT2D eigenvalue weighted by molar-refractivity contribution is 9.10. The summed E-state index contributed by atoms with van der Waals surface area (Å²) in [4.78, 5) is 11.3. The van der Waals surface area contributed by atoms with Crippen molar-refractivity contribution in [2.45, 2.75) is 20.4 Å². The van der Waals surface area contributed by atoms with Gasteiger partial charge in [0.2, 0.25) is 5.91 Å². The van der Waals surface area contributed by atoms with Crippen molar-refractivity contribution in [1.29, 1.82) is 0 Å². The van der Waals surface area contributed by atoms with Crippen LogP contribution in [0.5, 0.6) is 0 Å². The van der Waals surface area contributed by atoms with E-state index < -0.39 is 0 Å². The van der Waals surface area contributed by atoms with Crippen LogP contribution in [0.1, 0.15) is 19.4 Å². The SMILES string of the molecule is CC(C)C(=O)NCCNCc1cccc(Br)c1. The number of benzene rings is 1. The zero-order valence-corrected chi connectivity index (χ0v) is 11.9. The molecule has 0 atom stereocenters. The van der Waals surface area contributed by atoms with E-state index in [0.717, 1.165) is 17.6 Å². The lowest BCUT2D eigenvalue weighted by Gasteiger charge is -2.08. The molecule has 0 aliphatic heterocycles. The van der Waals surface area contributed by atoms with Crippen molar-refractivity contribution in [2.24, 2.45) is 5.92 Å². The number of hydrogen-bond acceptors (Lipinski definition) is 2. The molecule has 17 heavy (non-hydrogen) atoms. The van der Waals surface area contributed by atoms with Crippen LogP contribution in [0.4, 0.5) is 0 Å². The minimum absolute atomic E-state index is 0.0556. The summed E-state index contributed by atoms with van der Waals surface area (Å²) in [6.45, 7) is 6.06. The van der Waals surface area contributed by atoms with E-state index in [9.17, 15) is 4.79 Å². The minimum atomic E-state index is 0.0556. The van der Waals surface area contributed by atoms with E-state index in [2.05, 4.69) is 38.7 Å². The maximum Gasteiger partial charge on any atom is 0.222 e. The van der Waals surface area contributed by atoms with Crippen LogP contribution >= 0.6 is 15.9 Å². The molecule has 0 saturated heterocycles. The monoisotopic (exact) mass is 298 g/mol. The lowest BCUT2D eigenvalue weighted by Crippen LogP contribution is -2.34. The van der Waals surface area contributed by atoms with Gasteiger partial charge in [-0.1, -0.05) is 41.9 Å². The summed E-state index contributed by atoms with van der Waals surface area (Å²) in [7, 11) is 0. The Kier molecular flexibility index (Phi) is 6.22. The predicted molar refractivity (Wildman–Crippen MR) is 73.7 cm³/mol. The molecule has 2 N–H and O–H groups in total. The van der Waals surface area contributed by atoms with Crippen molar-refractivity contribution in [2.75, 3.05) is 13.1 Å². The molecule has 4 heteroatoms. The van der Waals surface area contributed by atoms with E-state index in [0.29, 0.717) is 6.54 Å². The van der Waals surface area contributed by atoms with Crippen molar-refractivity contribution >= 4 is 21.8 Å². The molecular weight excluding hydrogens is 280 g/mol. The maximum atomic E-state index is 11.3. The van der Waals surface area contributed by atoms with Gasteiger partial charge in [-0.05, 0) is 17.7 Å². The maximum absolute atomic E-state index is 11.3. The van der Waals surface area contributed by atoms with E-state index in [1.165, 1.54) is 5.56 Å². The van der Waals surface area contributed by atoms with Crippen LogP contribution < -0.4 is 10.6 Å². The molecule has 3 nitrogen and oxygen atoms in total. The fraction of sp³-hybridized carbons (Fsp3) is 0.462. The molecule has 0 radical (unpaired) electrons. The van der Waals surface area contributed by atoms with Gasteiger partial charge in [0.25, 0.3) is 0 Å². The van der Waals surface area contributed by atoms with Gasteiger partial charge in [-0.3, -0.25) is 4.79 Å². The van der Waals surface area contributed by atoms with E-state index in [1.807, 2.05) is 26.0 Å². The summed E-state index contributed by atoms with van der Waals surface area (Å²) in [5, 5.41) is 6.16. The summed E-state index contributed by atoms with van der Waals surface area (Å²) in [5.74, 6) is 0.161. The number of hydrogen-bond donors (Lipinski definition) is 2. The average Bonchev–Trinajstić information content (AvgIpc) is 2.28. The third-order valence-corrected chi connectivity index (χ3v) is 2.84. The lowest BCUT2D eigenvalue weighted by atomic mass is 10.2. The standard InChI is InChI=1S/C13H19BrN2O/c1-10(2)13(17)16-7-6-15-9-11-4-3-5-12(14)8-11/h3-5,8,10,15H,6-7,9H2,1-2H3,(H,16,17). The lowest BCUT2D eigenvalue weighted by molar-refractivity contribution is -0.123. The Morgan fingerprint density at radius 2 is 2.12 bits per heavy atom.